The zero-order chi connectivity index (χ0) is 13.0. The summed E-state index contributed by atoms with van der Waals surface area (Å²) in [5, 5.41) is 11.1. The van der Waals surface area contributed by atoms with E-state index in [2.05, 4.69) is 10.2 Å². The van der Waals surface area contributed by atoms with Crippen molar-refractivity contribution < 1.29 is 24.2 Å². The second-order valence-corrected chi connectivity index (χ2v) is 4.61. The first-order valence-electron chi connectivity index (χ1n) is 6.13. The molecule has 0 bridgehead atoms. The Bertz CT molecular complexity index is 315. The number of hydrogen-bond acceptors (Lipinski definition) is 5. The van der Waals surface area contributed by atoms with Crippen LogP contribution in [0.3, 0.4) is 0 Å². The largest absolute Gasteiger partial charge is 0.480 e. The lowest BCUT2D eigenvalue weighted by Gasteiger charge is -2.32. The molecule has 7 heteroatoms. The fraction of sp³-hybridized carbons (Fsp3) is 0.818. The van der Waals surface area contributed by atoms with Crippen LogP contribution in [0.2, 0.25) is 0 Å². The number of likely N-dealkylation sites (tertiary alicyclic amines) is 1. The number of amides is 1. The van der Waals surface area contributed by atoms with Crippen LogP contribution in [0.25, 0.3) is 0 Å². The molecule has 2 fully saturated rings. The van der Waals surface area contributed by atoms with Crippen molar-refractivity contribution in [1.29, 1.82) is 0 Å². The summed E-state index contributed by atoms with van der Waals surface area (Å²) in [5.41, 5.74) is 0. The number of rotatable bonds is 5. The number of carboxylic acid groups (broad SMARTS) is 1. The number of carbonyl (C=O) groups is 2. The molecule has 0 aromatic heterocycles. The van der Waals surface area contributed by atoms with Crippen molar-refractivity contribution in [2.24, 2.45) is 0 Å². The number of alkyl carbamates (subject to hydrolysis) is 1. The monoisotopic (exact) mass is 258 g/mol. The van der Waals surface area contributed by atoms with Crippen molar-refractivity contribution in [3.8, 4) is 0 Å². The SMILES string of the molecule is O=C(O)COC1CCN(CC2CNC(=O)O2)CC1. The van der Waals surface area contributed by atoms with Gasteiger partial charge in [0.15, 0.2) is 0 Å². The van der Waals surface area contributed by atoms with Gasteiger partial charge in [-0.2, -0.15) is 0 Å². The van der Waals surface area contributed by atoms with Gasteiger partial charge in [-0.15, -0.1) is 0 Å². The van der Waals surface area contributed by atoms with Gasteiger partial charge < -0.3 is 19.9 Å². The Morgan fingerprint density at radius 1 is 1.50 bits per heavy atom. The third-order valence-corrected chi connectivity index (χ3v) is 3.19. The van der Waals surface area contributed by atoms with E-state index in [0.29, 0.717) is 6.54 Å². The molecule has 2 aliphatic rings. The Kier molecular flexibility index (Phi) is 4.38. The highest BCUT2D eigenvalue weighted by Gasteiger charge is 2.27. The molecule has 2 aliphatic heterocycles. The lowest BCUT2D eigenvalue weighted by molar-refractivity contribution is -0.145. The molecule has 2 rings (SSSR count). The van der Waals surface area contributed by atoms with Crippen LogP contribution >= 0.6 is 0 Å². The summed E-state index contributed by atoms with van der Waals surface area (Å²) < 4.78 is 10.3. The maximum absolute atomic E-state index is 10.9. The molecule has 0 aromatic rings. The molecule has 0 radical (unpaired) electrons. The van der Waals surface area contributed by atoms with Crippen molar-refractivity contribution >= 4 is 12.1 Å². The molecule has 0 spiro atoms. The lowest BCUT2D eigenvalue weighted by Crippen LogP contribution is -2.42. The quantitative estimate of drug-likeness (QED) is 0.701. The number of piperidine rings is 1. The zero-order valence-corrected chi connectivity index (χ0v) is 10.1. The van der Waals surface area contributed by atoms with E-state index < -0.39 is 5.97 Å². The minimum absolute atomic E-state index is 0.0293. The Labute approximate surface area is 105 Å². The first-order chi connectivity index (χ1) is 8.63. The Morgan fingerprint density at radius 3 is 2.78 bits per heavy atom. The molecule has 18 heavy (non-hydrogen) atoms. The van der Waals surface area contributed by atoms with E-state index in [9.17, 15) is 9.59 Å². The van der Waals surface area contributed by atoms with Crippen LogP contribution in [-0.4, -0.2) is 67.1 Å². The summed E-state index contributed by atoms with van der Waals surface area (Å²) in [5.74, 6) is -0.929. The van der Waals surface area contributed by atoms with Gasteiger partial charge in [0.2, 0.25) is 0 Å². The van der Waals surface area contributed by atoms with E-state index >= 15 is 0 Å². The highest BCUT2D eigenvalue weighted by atomic mass is 16.6. The summed E-state index contributed by atoms with van der Waals surface area (Å²) in [7, 11) is 0. The molecule has 7 nitrogen and oxygen atoms in total. The standard InChI is InChI=1S/C11H18N2O5/c14-10(15)7-17-8-1-3-13(4-2-8)6-9-5-12-11(16)18-9/h8-9H,1-7H2,(H,12,16)(H,14,15). The maximum Gasteiger partial charge on any atom is 0.407 e. The highest BCUT2D eigenvalue weighted by Crippen LogP contribution is 2.15. The average Bonchev–Trinajstić information content (AvgIpc) is 2.74. The van der Waals surface area contributed by atoms with Crippen LogP contribution in [0, 0.1) is 0 Å². The average molecular weight is 258 g/mol. The third-order valence-electron chi connectivity index (χ3n) is 3.19. The third kappa shape index (κ3) is 3.85. The van der Waals surface area contributed by atoms with Gasteiger partial charge in [0.05, 0.1) is 12.6 Å². The highest BCUT2D eigenvalue weighted by molar-refractivity contribution is 5.69. The van der Waals surface area contributed by atoms with Gasteiger partial charge in [0.25, 0.3) is 0 Å². The predicted octanol–water partition coefficient (Wildman–Crippen LogP) is -0.340. The summed E-state index contributed by atoms with van der Waals surface area (Å²) in [6.07, 6.45) is 1.25. The number of hydrogen-bond donors (Lipinski definition) is 2. The van der Waals surface area contributed by atoms with Crippen LogP contribution < -0.4 is 5.32 Å². The molecule has 1 amide bonds. The summed E-state index contributed by atoms with van der Waals surface area (Å²) in [6.45, 7) is 2.75. The van der Waals surface area contributed by atoms with Crippen LogP contribution in [0.5, 0.6) is 0 Å². The van der Waals surface area contributed by atoms with E-state index in [1.165, 1.54) is 0 Å². The topological polar surface area (TPSA) is 88.1 Å². The van der Waals surface area contributed by atoms with Crippen molar-refractivity contribution in [3.63, 3.8) is 0 Å². The van der Waals surface area contributed by atoms with E-state index in [1.54, 1.807) is 0 Å². The molecule has 0 aromatic carbocycles. The Balaban J connectivity index is 1.64. The van der Waals surface area contributed by atoms with Gasteiger partial charge in [0.1, 0.15) is 12.7 Å². The molecule has 102 valence electrons. The molecule has 1 unspecified atom stereocenters. The predicted molar refractivity (Wildman–Crippen MR) is 61.3 cm³/mol. The molecule has 0 aliphatic carbocycles. The van der Waals surface area contributed by atoms with Crippen LogP contribution in [-0.2, 0) is 14.3 Å². The molecule has 2 heterocycles. The van der Waals surface area contributed by atoms with Crippen molar-refractivity contribution in [2.45, 2.75) is 25.0 Å². The second-order valence-electron chi connectivity index (χ2n) is 4.61. The van der Waals surface area contributed by atoms with E-state index in [1.807, 2.05) is 0 Å². The molecule has 1 atom stereocenters. The van der Waals surface area contributed by atoms with Crippen molar-refractivity contribution in [2.75, 3.05) is 32.8 Å². The number of nitrogens with zero attached hydrogens (tertiary/aromatic N) is 1. The van der Waals surface area contributed by atoms with Gasteiger partial charge in [-0.3, -0.25) is 4.90 Å². The van der Waals surface area contributed by atoms with Crippen LogP contribution in [0.4, 0.5) is 4.79 Å². The lowest BCUT2D eigenvalue weighted by atomic mass is 10.1. The Morgan fingerprint density at radius 2 is 2.22 bits per heavy atom. The van der Waals surface area contributed by atoms with E-state index in [4.69, 9.17) is 14.6 Å². The van der Waals surface area contributed by atoms with Crippen molar-refractivity contribution in [1.82, 2.24) is 10.2 Å². The van der Waals surface area contributed by atoms with Gasteiger partial charge in [-0.05, 0) is 12.8 Å². The molecule has 2 saturated heterocycles. The number of ether oxygens (including phenoxy) is 2. The minimum Gasteiger partial charge on any atom is -0.480 e. The number of carboxylic acids is 1. The fourth-order valence-electron chi connectivity index (χ4n) is 2.27. The fourth-order valence-corrected chi connectivity index (χ4v) is 2.27. The molecular formula is C11H18N2O5. The van der Waals surface area contributed by atoms with Gasteiger partial charge in [0, 0.05) is 19.6 Å². The zero-order valence-electron chi connectivity index (χ0n) is 10.1. The number of nitrogens with one attached hydrogen (secondary N) is 1. The van der Waals surface area contributed by atoms with E-state index in [-0.39, 0.29) is 24.9 Å². The molecule has 2 N–H and O–H groups in total. The second kappa shape index (κ2) is 6.01. The van der Waals surface area contributed by atoms with Crippen LogP contribution in [0.1, 0.15) is 12.8 Å². The van der Waals surface area contributed by atoms with Gasteiger partial charge in [-0.1, -0.05) is 0 Å². The summed E-state index contributed by atoms with van der Waals surface area (Å²) in [6, 6.07) is 0. The molecule has 0 saturated carbocycles. The van der Waals surface area contributed by atoms with Gasteiger partial charge in [-0.25, -0.2) is 9.59 Å². The number of aliphatic carboxylic acids is 1. The smallest absolute Gasteiger partial charge is 0.407 e. The van der Waals surface area contributed by atoms with Crippen molar-refractivity contribution in [3.05, 3.63) is 0 Å². The Hall–Kier alpha value is -1.34. The van der Waals surface area contributed by atoms with Gasteiger partial charge >= 0.3 is 12.1 Å². The molecular weight excluding hydrogens is 240 g/mol. The number of carbonyl (C=O) groups excluding carboxylic acids is 1. The van der Waals surface area contributed by atoms with E-state index in [0.717, 1.165) is 32.5 Å². The first-order valence-corrected chi connectivity index (χ1v) is 6.13. The normalized spacial score (nSPS) is 25.8. The minimum atomic E-state index is -0.929. The summed E-state index contributed by atoms with van der Waals surface area (Å²) >= 11 is 0. The summed E-state index contributed by atoms with van der Waals surface area (Å²) in [4.78, 5) is 23.5. The van der Waals surface area contributed by atoms with Crippen LogP contribution in [0.15, 0.2) is 0 Å². The maximum atomic E-state index is 10.9. The first kappa shape index (κ1) is 13.1. The number of cyclic esters (lactones) is 1.